The normalized spacial score (nSPS) is 17.2. The van der Waals surface area contributed by atoms with Gasteiger partial charge in [0.1, 0.15) is 5.69 Å². The number of hydrogen-bond donors (Lipinski definition) is 1. The molecule has 2 aliphatic heterocycles. The van der Waals surface area contributed by atoms with Gasteiger partial charge in [0.2, 0.25) is 0 Å². The van der Waals surface area contributed by atoms with Gasteiger partial charge in [-0.05, 0) is 52.3 Å². The van der Waals surface area contributed by atoms with Gasteiger partial charge in [0.15, 0.2) is 5.84 Å². The largest absolute Gasteiger partial charge is 0.405 e. The third-order valence-corrected chi connectivity index (χ3v) is 5.50. The van der Waals surface area contributed by atoms with Gasteiger partial charge in [-0.25, -0.2) is 0 Å². The predicted octanol–water partition coefficient (Wildman–Crippen LogP) is 4.62. The van der Waals surface area contributed by atoms with Crippen LogP contribution in [0.5, 0.6) is 0 Å². The third kappa shape index (κ3) is 5.58. The SMILES string of the molecule is C/C=C\C.CCCCC(C)n1nc(CC)c2c1C1=NN=C(/C=C/N)CCN1CC2. The molecular weight excluding hydrogens is 360 g/mol. The Morgan fingerprint density at radius 1 is 1.10 bits per heavy atom. The molecule has 1 aromatic rings. The summed E-state index contributed by atoms with van der Waals surface area (Å²) in [5, 5.41) is 14.0. The number of unbranched alkanes of at least 4 members (excludes halogenated alkanes) is 1. The Kier molecular flexibility index (Phi) is 9.16. The standard InChI is InChI=1S/C19H30N6.C4H8/c1-4-6-7-14(3)25-18-16(17(5-2)23-25)10-13-24-12-9-15(8-11-20)21-22-19(18)24;1-3-4-2/h8,11,14H,4-7,9-10,12-13,20H2,1-3H3;3-4H,1-2H3/b11-8+;4-3-. The van der Waals surface area contributed by atoms with Crippen LogP contribution < -0.4 is 5.73 Å². The van der Waals surface area contributed by atoms with Gasteiger partial charge in [-0.2, -0.15) is 10.2 Å². The summed E-state index contributed by atoms with van der Waals surface area (Å²) in [6, 6.07) is 0.382. The van der Waals surface area contributed by atoms with Gasteiger partial charge in [0.05, 0.1) is 11.4 Å². The van der Waals surface area contributed by atoms with Crippen LogP contribution in [0.15, 0.2) is 34.6 Å². The zero-order valence-electron chi connectivity index (χ0n) is 18.9. The number of allylic oxidation sites excluding steroid dienone is 3. The number of aromatic nitrogens is 2. The van der Waals surface area contributed by atoms with E-state index in [2.05, 4.69) is 40.6 Å². The van der Waals surface area contributed by atoms with E-state index in [1.807, 2.05) is 32.1 Å². The topological polar surface area (TPSA) is 71.8 Å². The molecule has 6 nitrogen and oxygen atoms in total. The molecule has 0 saturated heterocycles. The van der Waals surface area contributed by atoms with Crippen molar-refractivity contribution in [2.75, 3.05) is 13.1 Å². The fraction of sp³-hybridized carbons (Fsp3) is 0.609. The molecule has 3 heterocycles. The van der Waals surface area contributed by atoms with Crippen molar-refractivity contribution < 1.29 is 0 Å². The van der Waals surface area contributed by atoms with Gasteiger partial charge >= 0.3 is 0 Å². The summed E-state index contributed by atoms with van der Waals surface area (Å²) in [5.41, 5.74) is 10.2. The minimum Gasteiger partial charge on any atom is -0.405 e. The number of hydrogen-bond acceptors (Lipinski definition) is 5. The van der Waals surface area contributed by atoms with Gasteiger partial charge in [0, 0.05) is 31.1 Å². The average Bonchev–Trinajstić information content (AvgIpc) is 3.01. The van der Waals surface area contributed by atoms with Crippen LogP contribution in [-0.4, -0.2) is 39.3 Å². The molecule has 1 atom stereocenters. The van der Waals surface area contributed by atoms with Crippen molar-refractivity contribution >= 4 is 11.5 Å². The number of fused-ring (bicyclic) bond motifs is 3. The summed E-state index contributed by atoms with van der Waals surface area (Å²) in [5.74, 6) is 0.984. The molecule has 0 radical (unpaired) electrons. The highest BCUT2D eigenvalue weighted by Gasteiger charge is 2.32. The van der Waals surface area contributed by atoms with Gasteiger partial charge in [-0.1, -0.05) is 38.8 Å². The van der Waals surface area contributed by atoms with Crippen LogP contribution in [0.25, 0.3) is 0 Å². The monoisotopic (exact) mass is 398 g/mol. The summed E-state index contributed by atoms with van der Waals surface area (Å²) in [7, 11) is 0. The molecule has 0 saturated carbocycles. The van der Waals surface area contributed by atoms with Crippen molar-refractivity contribution in [3.05, 3.63) is 41.4 Å². The number of aryl methyl sites for hydroxylation is 1. The highest BCUT2D eigenvalue weighted by atomic mass is 15.4. The molecular formula is C23H38N6. The van der Waals surface area contributed by atoms with Crippen LogP contribution in [0.1, 0.15) is 83.3 Å². The van der Waals surface area contributed by atoms with Crippen molar-refractivity contribution in [3.63, 3.8) is 0 Å². The van der Waals surface area contributed by atoms with Crippen LogP contribution in [0.3, 0.4) is 0 Å². The van der Waals surface area contributed by atoms with E-state index in [4.69, 9.17) is 10.8 Å². The Morgan fingerprint density at radius 2 is 1.83 bits per heavy atom. The summed E-state index contributed by atoms with van der Waals surface area (Å²) < 4.78 is 2.22. The van der Waals surface area contributed by atoms with Crippen molar-refractivity contribution in [3.8, 4) is 0 Å². The molecule has 0 bridgehead atoms. The van der Waals surface area contributed by atoms with Gasteiger partial charge in [-0.15, -0.1) is 5.10 Å². The van der Waals surface area contributed by atoms with E-state index in [1.54, 1.807) is 6.20 Å². The van der Waals surface area contributed by atoms with Crippen LogP contribution >= 0.6 is 0 Å². The van der Waals surface area contributed by atoms with Crippen LogP contribution in [0, 0.1) is 0 Å². The maximum Gasteiger partial charge on any atom is 0.177 e. The van der Waals surface area contributed by atoms with Crippen LogP contribution in [0.4, 0.5) is 0 Å². The molecule has 1 aromatic heterocycles. The van der Waals surface area contributed by atoms with Crippen molar-refractivity contribution in [2.45, 2.75) is 79.2 Å². The first-order valence-corrected chi connectivity index (χ1v) is 11.1. The third-order valence-electron chi connectivity index (χ3n) is 5.50. The summed E-state index contributed by atoms with van der Waals surface area (Å²) >= 11 is 0. The van der Waals surface area contributed by atoms with E-state index in [0.29, 0.717) is 6.04 Å². The first kappa shape index (κ1) is 22.9. The maximum atomic E-state index is 5.53. The smallest absolute Gasteiger partial charge is 0.177 e. The van der Waals surface area contributed by atoms with E-state index in [9.17, 15) is 0 Å². The number of rotatable bonds is 6. The lowest BCUT2D eigenvalue weighted by Gasteiger charge is -2.30. The van der Waals surface area contributed by atoms with Crippen LogP contribution in [0.2, 0.25) is 0 Å². The fourth-order valence-corrected chi connectivity index (χ4v) is 3.71. The summed E-state index contributed by atoms with van der Waals surface area (Å²) in [6.45, 7) is 12.6. The Labute approximate surface area is 176 Å². The molecule has 2 N–H and O–H groups in total. The zero-order valence-corrected chi connectivity index (χ0v) is 18.9. The highest BCUT2D eigenvalue weighted by molar-refractivity contribution is 6.03. The second kappa shape index (κ2) is 11.6. The molecule has 0 spiro atoms. The molecule has 1 unspecified atom stereocenters. The maximum absolute atomic E-state index is 5.53. The Bertz CT molecular complexity index is 765. The van der Waals surface area contributed by atoms with E-state index >= 15 is 0 Å². The average molecular weight is 399 g/mol. The quantitative estimate of drug-likeness (QED) is 0.711. The lowest BCUT2D eigenvalue weighted by Crippen LogP contribution is -2.40. The molecule has 0 aromatic carbocycles. The second-order valence-corrected chi connectivity index (χ2v) is 7.59. The van der Waals surface area contributed by atoms with Crippen molar-refractivity contribution in [1.29, 1.82) is 0 Å². The number of nitrogens with two attached hydrogens (primary N) is 1. The number of nitrogens with zero attached hydrogens (tertiary/aromatic N) is 5. The van der Waals surface area contributed by atoms with Crippen molar-refractivity contribution in [1.82, 2.24) is 14.7 Å². The minimum atomic E-state index is 0.382. The van der Waals surface area contributed by atoms with Crippen molar-refractivity contribution in [2.24, 2.45) is 15.9 Å². The Hall–Kier alpha value is -2.37. The molecule has 160 valence electrons. The lowest BCUT2D eigenvalue weighted by atomic mass is 10.0. The van der Waals surface area contributed by atoms with Gasteiger partial charge < -0.3 is 10.6 Å². The van der Waals surface area contributed by atoms with E-state index in [-0.39, 0.29) is 0 Å². The van der Waals surface area contributed by atoms with Gasteiger partial charge in [0.25, 0.3) is 0 Å². The summed E-state index contributed by atoms with van der Waals surface area (Å²) in [6.07, 6.45) is 13.8. The lowest BCUT2D eigenvalue weighted by molar-refractivity contribution is 0.403. The Balaban J connectivity index is 0.000000687. The molecule has 0 aliphatic carbocycles. The highest BCUT2D eigenvalue weighted by Crippen LogP contribution is 2.29. The minimum absolute atomic E-state index is 0.382. The van der Waals surface area contributed by atoms with Gasteiger partial charge in [-0.3, -0.25) is 4.68 Å². The Morgan fingerprint density at radius 3 is 2.45 bits per heavy atom. The predicted molar refractivity (Wildman–Crippen MR) is 124 cm³/mol. The van der Waals surface area contributed by atoms with E-state index < -0.39 is 0 Å². The molecule has 2 aliphatic rings. The van der Waals surface area contributed by atoms with E-state index in [1.165, 1.54) is 29.8 Å². The van der Waals surface area contributed by atoms with Crippen LogP contribution in [-0.2, 0) is 12.8 Å². The van der Waals surface area contributed by atoms with E-state index in [0.717, 1.165) is 50.3 Å². The molecule has 3 rings (SSSR count). The fourth-order valence-electron chi connectivity index (χ4n) is 3.71. The number of amidine groups is 1. The molecule has 6 heteroatoms. The first-order chi connectivity index (χ1) is 14.1. The zero-order chi connectivity index (χ0) is 21.2. The second-order valence-electron chi connectivity index (χ2n) is 7.59. The summed E-state index contributed by atoms with van der Waals surface area (Å²) in [4.78, 5) is 2.35. The molecule has 0 amide bonds. The molecule has 0 fully saturated rings. The first-order valence-electron chi connectivity index (χ1n) is 11.1. The molecule has 29 heavy (non-hydrogen) atoms.